The van der Waals surface area contributed by atoms with Crippen LogP contribution in [0.4, 0.5) is 0 Å². The first-order valence-electron chi connectivity index (χ1n) is 4.54. The fourth-order valence-corrected chi connectivity index (χ4v) is 1.74. The molecule has 0 amide bonds. The predicted octanol–water partition coefficient (Wildman–Crippen LogP) is 2.00. The van der Waals surface area contributed by atoms with Gasteiger partial charge in [0, 0.05) is 24.7 Å². The maximum atomic E-state index is 4.11. The molecule has 0 atom stereocenters. The van der Waals surface area contributed by atoms with Gasteiger partial charge < -0.3 is 4.90 Å². The zero-order valence-electron chi connectivity index (χ0n) is 7.29. The third kappa shape index (κ3) is 1.50. The summed E-state index contributed by atoms with van der Waals surface area (Å²) in [6.07, 6.45) is 11.0. The Bertz CT molecular complexity index is 144. The largest absolute Gasteiger partial charge is 0.375 e. The van der Waals surface area contributed by atoms with Crippen LogP contribution in [0.3, 0.4) is 0 Å². The summed E-state index contributed by atoms with van der Waals surface area (Å²) in [7, 11) is 0. The summed E-state index contributed by atoms with van der Waals surface area (Å²) in [5, 5.41) is 0. The first kappa shape index (κ1) is 8.15. The van der Waals surface area contributed by atoms with Crippen molar-refractivity contribution in [1.29, 1.82) is 0 Å². The van der Waals surface area contributed by atoms with Gasteiger partial charge in [0.25, 0.3) is 0 Å². The van der Waals surface area contributed by atoms with Crippen LogP contribution < -0.4 is 0 Å². The highest BCUT2D eigenvalue weighted by Crippen LogP contribution is 2.32. The number of rotatable bonds is 2. The predicted molar refractivity (Wildman–Crippen MR) is 50.4 cm³/mol. The first-order valence-corrected chi connectivity index (χ1v) is 4.54. The van der Waals surface area contributed by atoms with Crippen LogP contribution in [0, 0.1) is 31.6 Å². The smallest absolute Gasteiger partial charge is 0.0281 e. The molecule has 1 heterocycles. The molecule has 0 unspecified atom stereocenters. The van der Waals surface area contributed by atoms with Gasteiger partial charge in [-0.3, -0.25) is 0 Å². The molecule has 5 radical (unpaired) electrons. The van der Waals surface area contributed by atoms with E-state index in [1.807, 2.05) is 0 Å². The van der Waals surface area contributed by atoms with Crippen molar-refractivity contribution in [1.82, 2.24) is 4.90 Å². The molecule has 1 nitrogen and oxygen atoms in total. The lowest BCUT2D eigenvalue weighted by Gasteiger charge is -2.24. The second-order valence-corrected chi connectivity index (χ2v) is 3.31. The Kier molecular flexibility index (Phi) is 2.38. The van der Waals surface area contributed by atoms with Gasteiger partial charge in [-0.15, -0.1) is 0 Å². The van der Waals surface area contributed by atoms with Crippen LogP contribution in [-0.4, -0.2) is 18.0 Å². The molecule has 0 N–H and O–H groups in total. The number of allylic oxidation sites excluding steroid dienone is 1. The van der Waals surface area contributed by atoms with Crippen molar-refractivity contribution < 1.29 is 0 Å². The fourth-order valence-electron chi connectivity index (χ4n) is 1.74. The molecule has 2 aliphatic rings. The highest BCUT2D eigenvalue weighted by Gasteiger charge is 2.24. The monoisotopic (exact) mass is 160 g/mol. The van der Waals surface area contributed by atoms with E-state index in [2.05, 4.69) is 37.2 Å². The second kappa shape index (κ2) is 3.51. The summed E-state index contributed by atoms with van der Waals surface area (Å²) in [5.74, 6) is 1.27. The Morgan fingerprint density at radius 2 is 1.75 bits per heavy atom. The average Bonchev–Trinajstić information content (AvgIpc) is 2.77. The number of likely N-dealkylation sites (tertiary alicyclic amines) is 1. The first-order chi connectivity index (χ1) is 5.88. The minimum absolute atomic E-state index is 1.18. The van der Waals surface area contributed by atoms with E-state index >= 15 is 0 Å². The highest BCUT2D eigenvalue weighted by atomic mass is 15.2. The molecule has 2 fully saturated rings. The van der Waals surface area contributed by atoms with E-state index in [0.29, 0.717) is 0 Å². The molecule has 0 spiro atoms. The second-order valence-electron chi connectivity index (χ2n) is 3.31. The van der Waals surface area contributed by atoms with Crippen LogP contribution in [-0.2, 0) is 0 Å². The summed E-state index contributed by atoms with van der Waals surface area (Å²) >= 11 is 0. The number of hydrogen-bond acceptors (Lipinski definition) is 1. The van der Waals surface area contributed by atoms with Crippen molar-refractivity contribution in [3.05, 3.63) is 43.9 Å². The van der Waals surface area contributed by atoms with Crippen molar-refractivity contribution in [2.75, 3.05) is 13.1 Å². The van der Waals surface area contributed by atoms with Gasteiger partial charge in [-0.05, 0) is 38.5 Å². The van der Waals surface area contributed by atoms with E-state index in [9.17, 15) is 0 Å². The number of hydrogen-bond donors (Lipinski definition) is 0. The minimum atomic E-state index is 1.18. The van der Waals surface area contributed by atoms with Crippen LogP contribution >= 0.6 is 0 Å². The van der Waals surface area contributed by atoms with E-state index in [4.69, 9.17) is 0 Å². The molecule has 0 aromatic carbocycles. The molecule has 12 heavy (non-hydrogen) atoms. The topological polar surface area (TPSA) is 3.24 Å². The van der Waals surface area contributed by atoms with Crippen molar-refractivity contribution in [2.24, 2.45) is 0 Å². The van der Waals surface area contributed by atoms with Crippen molar-refractivity contribution >= 4 is 0 Å². The summed E-state index contributed by atoms with van der Waals surface area (Å²) in [6, 6.07) is 0. The fraction of sp³-hybridized carbons (Fsp3) is 0.364. The van der Waals surface area contributed by atoms with Crippen LogP contribution in [0.5, 0.6) is 0 Å². The van der Waals surface area contributed by atoms with E-state index in [1.54, 1.807) is 0 Å². The van der Waals surface area contributed by atoms with Gasteiger partial charge in [0.15, 0.2) is 0 Å². The van der Waals surface area contributed by atoms with Crippen LogP contribution in [0.15, 0.2) is 12.3 Å². The van der Waals surface area contributed by atoms with Crippen LogP contribution in [0.2, 0.25) is 0 Å². The van der Waals surface area contributed by atoms with Gasteiger partial charge in [-0.1, -0.05) is 6.58 Å². The average molecular weight is 160 g/mol. The lowest BCUT2D eigenvalue weighted by molar-refractivity contribution is 0.429. The van der Waals surface area contributed by atoms with Crippen molar-refractivity contribution in [2.45, 2.75) is 12.8 Å². The zero-order valence-corrected chi connectivity index (χ0v) is 7.29. The van der Waals surface area contributed by atoms with Gasteiger partial charge >= 0.3 is 0 Å². The van der Waals surface area contributed by atoms with E-state index in [0.717, 1.165) is 0 Å². The van der Waals surface area contributed by atoms with Crippen molar-refractivity contribution in [3.63, 3.8) is 0 Å². The minimum Gasteiger partial charge on any atom is -0.375 e. The molecule has 1 saturated heterocycles. The summed E-state index contributed by atoms with van der Waals surface area (Å²) in [5.41, 5.74) is 1.19. The van der Waals surface area contributed by atoms with Crippen LogP contribution in [0.25, 0.3) is 0 Å². The maximum Gasteiger partial charge on any atom is 0.0281 e. The molecule has 1 saturated carbocycles. The molecule has 0 aromatic heterocycles. The molecular weight excluding hydrogens is 146 g/mol. The molecule has 0 aromatic rings. The van der Waals surface area contributed by atoms with Gasteiger partial charge in [0.05, 0.1) is 0 Å². The third-order valence-electron chi connectivity index (χ3n) is 2.48. The summed E-state index contributed by atoms with van der Waals surface area (Å²) < 4.78 is 0. The summed E-state index contributed by atoms with van der Waals surface area (Å²) in [4.78, 5) is 2.37. The lowest BCUT2D eigenvalue weighted by atomic mass is 10.0. The van der Waals surface area contributed by atoms with Crippen LogP contribution in [0.1, 0.15) is 12.8 Å². The Morgan fingerprint density at radius 1 is 1.17 bits per heavy atom. The zero-order chi connectivity index (χ0) is 8.39. The lowest BCUT2D eigenvalue weighted by Crippen LogP contribution is -2.21. The van der Waals surface area contributed by atoms with Gasteiger partial charge in [-0.25, -0.2) is 0 Å². The van der Waals surface area contributed by atoms with E-state index in [-0.39, 0.29) is 0 Å². The molecule has 1 heteroatoms. The molecule has 0 bridgehead atoms. The van der Waals surface area contributed by atoms with E-state index < -0.39 is 0 Å². The third-order valence-corrected chi connectivity index (χ3v) is 2.48. The highest BCUT2D eigenvalue weighted by molar-refractivity contribution is 5.46. The molecule has 2 rings (SSSR count). The molecule has 1 aliphatic heterocycles. The van der Waals surface area contributed by atoms with E-state index in [1.165, 1.54) is 37.5 Å². The Labute approximate surface area is 75.4 Å². The molecule has 1 aliphatic carbocycles. The number of nitrogens with zero attached hydrogens (tertiary/aromatic N) is 1. The van der Waals surface area contributed by atoms with Gasteiger partial charge in [-0.2, -0.15) is 0 Å². The molecular formula is C11H14N. The summed E-state index contributed by atoms with van der Waals surface area (Å²) in [6.45, 7) is 6.47. The maximum absolute atomic E-state index is 4.11. The van der Waals surface area contributed by atoms with Gasteiger partial charge in [0.2, 0.25) is 0 Å². The quantitative estimate of drug-likeness (QED) is 0.597. The molecule has 63 valence electrons. The van der Waals surface area contributed by atoms with Crippen molar-refractivity contribution in [3.8, 4) is 0 Å². The van der Waals surface area contributed by atoms with Gasteiger partial charge in [0.1, 0.15) is 0 Å². The SMILES string of the molecule is C=C([C]1[CH][CH][CH][CH]1)N1CCCC1. The Balaban J connectivity index is 1.89. The Morgan fingerprint density at radius 3 is 2.33 bits per heavy atom. The normalized spacial score (nSPS) is 25.2. The Hall–Kier alpha value is -0.460. The standard InChI is InChI=1S/C11H14N/c1-10(11-6-2-3-7-11)12-8-4-5-9-12/h2-3,6-7H,1,4-5,8-9H2.